The summed E-state index contributed by atoms with van der Waals surface area (Å²) in [5.74, 6) is 0. The van der Waals surface area contributed by atoms with Crippen LogP contribution in [0.2, 0.25) is 0 Å². The van der Waals surface area contributed by atoms with Crippen molar-refractivity contribution in [2.75, 3.05) is 32.7 Å². The minimum Gasteiger partial charge on any atom is -0.329 e. The van der Waals surface area contributed by atoms with Crippen LogP contribution in [-0.2, 0) is 0 Å². The molecule has 0 aliphatic carbocycles. The van der Waals surface area contributed by atoms with Crippen molar-refractivity contribution in [2.24, 2.45) is 5.73 Å². The highest BCUT2D eigenvalue weighted by atomic mass is 15.1. The molecule has 1 unspecified atom stereocenters. The largest absolute Gasteiger partial charge is 0.329 e. The summed E-state index contributed by atoms with van der Waals surface area (Å²) in [6.07, 6.45) is 5.60. The third kappa shape index (κ3) is 4.94. The third-order valence-corrected chi connectivity index (χ3v) is 2.97. The molecule has 0 bridgehead atoms. The van der Waals surface area contributed by atoms with E-state index in [1.165, 1.54) is 45.3 Å². The molecule has 14 heavy (non-hydrogen) atoms. The van der Waals surface area contributed by atoms with E-state index in [4.69, 9.17) is 5.73 Å². The van der Waals surface area contributed by atoms with Crippen LogP contribution >= 0.6 is 0 Å². The second-order valence-electron chi connectivity index (χ2n) is 4.35. The van der Waals surface area contributed by atoms with Crippen LogP contribution in [0.4, 0.5) is 0 Å². The number of hydrogen-bond acceptors (Lipinski definition) is 3. The molecule has 0 saturated carbocycles. The zero-order valence-corrected chi connectivity index (χ0v) is 9.47. The quantitative estimate of drug-likeness (QED) is 0.688. The van der Waals surface area contributed by atoms with Crippen molar-refractivity contribution < 1.29 is 0 Å². The van der Waals surface area contributed by atoms with E-state index in [1.54, 1.807) is 0 Å². The number of nitrogens with two attached hydrogens (primary N) is 1. The maximum Gasteiger partial charge on any atom is 0.0162 e. The lowest BCUT2D eigenvalue weighted by atomic mass is 10.2. The van der Waals surface area contributed by atoms with Gasteiger partial charge in [-0.15, -0.1) is 0 Å². The topological polar surface area (TPSA) is 41.3 Å². The summed E-state index contributed by atoms with van der Waals surface area (Å²) >= 11 is 0. The van der Waals surface area contributed by atoms with Crippen molar-refractivity contribution in [1.29, 1.82) is 0 Å². The van der Waals surface area contributed by atoms with Gasteiger partial charge in [0.1, 0.15) is 0 Å². The number of rotatable bonds is 5. The third-order valence-electron chi connectivity index (χ3n) is 2.97. The highest BCUT2D eigenvalue weighted by Crippen LogP contribution is 2.08. The molecule has 3 nitrogen and oxygen atoms in total. The second-order valence-corrected chi connectivity index (χ2v) is 4.35. The van der Waals surface area contributed by atoms with E-state index in [0.717, 1.165) is 13.1 Å². The lowest BCUT2D eigenvalue weighted by Gasteiger charge is -2.21. The summed E-state index contributed by atoms with van der Waals surface area (Å²) in [7, 11) is 0. The predicted octanol–water partition coefficient (Wildman–Crippen LogP) is 0.799. The van der Waals surface area contributed by atoms with Gasteiger partial charge in [0, 0.05) is 25.7 Å². The van der Waals surface area contributed by atoms with Crippen molar-refractivity contribution in [3.63, 3.8) is 0 Å². The Morgan fingerprint density at radius 3 is 2.43 bits per heavy atom. The second kappa shape index (κ2) is 7.21. The molecule has 1 fully saturated rings. The molecule has 0 spiro atoms. The highest BCUT2D eigenvalue weighted by Gasteiger charge is 2.08. The first kappa shape index (κ1) is 12.0. The molecule has 0 aromatic rings. The van der Waals surface area contributed by atoms with Gasteiger partial charge in [0.25, 0.3) is 0 Å². The van der Waals surface area contributed by atoms with Gasteiger partial charge in [0.05, 0.1) is 0 Å². The van der Waals surface area contributed by atoms with Gasteiger partial charge < -0.3 is 16.0 Å². The van der Waals surface area contributed by atoms with Crippen molar-refractivity contribution in [3.05, 3.63) is 0 Å². The van der Waals surface area contributed by atoms with E-state index in [2.05, 4.69) is 17.1 Å². The van der Waals surface area contributed by atoms with Crippen LogP contribution in [0.15, 0.2) is 0 Å². The van der Waals surface area contributed by atoms with Crippen LogP contribution in [-0.4, -0.2) is 43.7 Å². The van der Waals surface area contributed by atoms with E-state index in [-0.39, 0.29) is 0 Å². The van der Waals surface area contributed by atoms with Crippen LogP contribution in [0.25, 0.3) is 0 Å². The van der Waals surface area contributed by atoms with Crippen molar-refractivity contribution >= 4 is 0 Å². The summed E-state index contributed by atoms with van der Waals surface area (Å²) in [4.78, 5) is 2.57. The fourth-order valence-electron chi connectivity index (χ4n) is 1.91. The number of nitrogens with zero attached hydrogens (tertiary/aromatic N) is 1. The zero-order valence-electron chi connectivity index (χ0n) is 9.47. The van der Waals surface area contributed by atoms with Gasteiger partial charge in [-0.2, -0.15) is 0 Å². The first-order valence-corrected chi connectivity index (χ1v) is 5.98. The van der Waals surface area contributed by atoms with Crippen LogP contribution in [0, 0.1) is 0 Å². The summed E-state index contributed by atoms with van der Waals surface area (Å²) in [6, 6.07) is 0.460. The average molecular weight is 199 g/mol. The van der Waals surface area contributed by atoms with Crippen LogP contribution < -0.4 is 11.1 Å². The minimum atomic E-state index is 0.460. The average Bonchev–Trinajstić information content (AvgIpc) is 2.46. The molecule has 0 aromatic heterocycles. The van der Waals surface area contributed by atoms with Gasteiger partial charge in [-0.1, -0.05) is 12.8 Å². The molecule has 3 heteroatoms. The molecule has 1 heterocycles. The fourth-order valence-corrected chi connectivity index (χ4v) is 1.91. The molecule has 0 amide bonds. The predicted molar refractivity (Wildman–Crippen MR) is 61.4 cm³/mol. The van der Waals surface area contributed by atoms with Crippen LogP contribution in [0.1, 0.15) is 32.6 Å². The van der Waals surface area contributed by atoms with Crippen LogP contribution in [0.5, 0.6) is 0 Å². The van der Waals surface area contributed by atoms with E-state index >= 15 is 0 Å². The maximum atomic E-state index is 5.54. The number of hydrogen-bond donors (Lipinski definition) is 2. The van der Waals surface area contributed by atoms with Crippen LogP contribution in [0.3, 0.4) is 0 Å². The van der Waals surface area contributed by atoms with Gasteiger partial charge in [-0.05, 0) is 32.9 Å². The minimum absolute atomic E-state index is 0.460. The Bertz CT molecular complexity index is 130. The van der Waals surface area contributed by atoms with Crippen molar-refractivity contribution in [2.45, 2.75) is 38.6 Å². The normalized spacial score (nSPS) is 21.9. The zero-order chi connectivity index (χ0) is 10.2. The number of likely N-dealkylation sites (tertiary alicyclic amines) is 1. The van der Waals surface area contributed by atoms with Gasteiger partial charge in [-0.3, -0.25) is 0 Å². The van der Waals surface area contributed by atoms with Crippen molar-refractivity contribution in [3.8, 4) is 0 Å². The Kier molecular flexibility index (Phi) is 6.15. The lowest BCUT2D eigenvalue weighted by Crippen LogP contribution is -2.39. The molecular weight excluding hydrogens is 174 g/mol. The van der Waals surface area contributed by atoms with Gasteiger partial charge in [0.15, 0.2) is 0 Å². The Labute approximate surface area is 88.0 Å². The van der Waals surface area contributed by atoms with E-state index in [1.807, 2.05) is 0 Å². The Morgan fingerprint density at radius 1 is 1.21 bits per heavy atom. The highest BCUT2D eigenvalue weighted by molar-refractivity contribution is 4.66. The SMILES string of the molecule is CC(CN)NCCN1CCCCCC1. The molecule has 0 aromatic carbocycles. The van der Waals surface area contributed by atoms with Gasteiger partial charge >= 0.3 is 0 Å². The monoisotopic (exact) mass is 199 g/mol. The summed E-state index contributed by atoms with van der Waals surface area (Å²) in [5.41, 5.74) is 5.54. The Hall–Kier alpha value is -0.120. The smallest absolute Gasteiger partial charge is 0.0162 e. The summed E-state index contributed by atoms with van der Waals surface area (Å²) < 4.78 is 0. The van der Waals surface area contributed by atoms with E-state index < -0.39 is 0 Å². The fraction of sp³-hybridized carbons (Fsp3) is 1.00. The standard InChI is InChI=1S/C11H25N3/c1-11(10-12)13-6-9-14-7-4-2-3-5-8-14/h11,13H,2-10,12H2,1H3. The molecule has 1 rings (SSSR count). The molecule has 1 saturated heterocycles. The first-order valence-electron chi connectivity index (χ1n) is 5.98. The lowest BCUT2D eigenvalue weighted by molar-refractivity contribution is 0.280. The summed E-state index contributed by atoms with van der Waals surface area (Å²) in [5, 5.41) is 3.43. The molecule has 3 N–H and O–H groups in total. The maximum absolute atomic E-state index is 5.54. The molecule has 0 radical (unpaired) electrons. The Morgan fingerprint density at radius 2 is 1.86 bits per heavy atom. The van der Waals surface area contributed by atoms with Gasteiger partial charge in [0.2, 0.25) is 0 Å². The van der Waals surface area contributed by atoms with Gasteiger partial charge in [-0.25, -0.2) is 0 Å². The van der Waals surface area contributed by atoms with E-state index in [9.17, 15) is 0 Å². The molecule has 84 valence electrons. The molecular formula is C11H25N3. The first-order chi connectivity index (χ1) is 6.83. The molecule has 1 aliphatic heterocycles. The Balaban J connectivity index is 2.04. The number of nitrogens with one attached hydrogen (secondary N) is 1. The van der Waals surface area contributed by atoms with Crippen molar-refractivity contribution in [1.82, 2.24) is 10.2 Å². The van der Waals surface area contributed by atoms with E-state index in [0.29, 0.717) is 6.04 Å². The summed E-state index contributed by atoms with van der Waals surface area (Å²) in [6.45, 7) is 7.72. The molecule has 1 aliphatic rings. The molecule has 1 atom stereocenters.